The van der Waals surface area contributed by atoms with E-state index >= 15 is 0 Å². The molecule has 0 saturated carbocycles. The van der Waals surface area contributed by atoms with Gasteiger partial charge in [-0.2, -0.15) is 0 Å². The second kappa shape index (κ2) is 18.9. The molecule has 0 heterocycles. The van der Waals surface area contributed by atoms with Crippen LogP contribution in [0.25, 0.3) is 0 Å². The first-order valence-electron chi connectivity index (χ1n) is 10.2. The first-order chi connectivity index (χ1) is 12.2. The van der Waals surface area contributed by atoms with Crippen LogP contribution in [0.1, 0.15) is 84.5 Å². The third-order valence-corrected chi connectivity index (χ3v) is 4.06. The van der Waals surface area contributed by atoms with Gasteiger partial charge in [0.05, 0.1) is 0 Å². The van der Waals surface area contributed by atoms with E-state index in [-0.39, 0.29) is 12.1 Å². The van der Waals surface area contributed by atoms with E-state index in [0.29, 0.717) is 13.1 Å². The lowest BCUT2D eigenvalue weighted by Gasteiger charge is -2.08. The molecule has 4 N–H and O–H groups in total. The Morgan fingerprint density at radius 2 is 0.760 bits per heavy atom. The smallest absolute Gasteiger partial charge is 0.314 e. The summed E-state index contributed by atoms with van der Waals surface area (Å²) in [7, 11) is 0. The van der Waals surface area contributed by atoms with Gasteiger partial charge in [0.1, 0.15) is 0 Å². The molecular formula is C19H40N4O2. The Bertz CT molecular complexity index is 295. The van der Waals surface area contributed by atoms with Crippen molar-refractivity contribution < 1.29 is 9.59 Å². The molecule has 0 unspecified atom stereocenters. The normalized spacial score (nSPS) is 10.3. The Kier molecular flexibility index (Phi) is 17.8. The Hall–Kier alpha value is -1.46. The SMILES string of the molecule is CCCCCCNC(=O)NCCCCCNC(=O)NCCCCCC. The van der Waals surface area contributed by atoms with Crippen molar-refractivity contribution in [3.05, 3.63) is 0 Å². The molecule has 25 heavy (non-hydrogen) atoms. The Morgan fingerprint density at radius 1 is 0.480 bits per heavy atom. The Balaban J connectivity index is 3.26. The number of unbranched alkanes of at least 4 members (excludes halogenated alkanes) is 8. The average molecular weight is 357 g/mol. The summed E-state index contributed by atoms with van der Waals surface area (Å²) < 4.78 is 0. The molecule has 0 aliphatic rings. The van der Waals surface area contributed by atoms with Crippen LogP contribution in [-0.4, -0.2) is 38.2 Å². The molecule has 0 radical (unpaired) electrons. The number of hydrogen-bond acceptors (Lipinski definition) is 2. The van der Waals surface area contributed by atoms with Gasteiger partial charge < -0.3 is 21.3 Å². The molecule has 6 nitrogen and oxygen atoms in total. The predicted octanol–water partition coefficient (Wildman–Crippen LogP) is 3.92. The summed E-state index contributed by atoms with van der Waals surface area (Å²) >= 11 is 0. The van der Waals surface area contributed by atoms with Crippen molar-refractivity contribution in [2.45, 2.75) is 84.5 Å². The number of carbonyl (C=O) groups is 2. The fraction of sp³-hybridized carbons (Fsp3) is 0.895. The van der Waals surface area contributed by atoms with Crippen LogP contribution in [0.4, 0.5) is 9.59 Å². The van der Waals surface area contributed by atoms with Gasteiger partial charge in [-0.25, -0.2) is 9.59 Å². The number of nitrogens with one attached hydrogen (secondary N) is 4. The lowest BCUT2D eigenvalue weighted by atomic mass is 10.2. The minimum Gasteiger partial charge on any atom is -0.338 e. The van der Waals surface area contributed by atoms with E-state index in [9.17, 15) is 9.59 Å². The summed E-state index contributed by atoms with van der Waals surface area (Å²) in [4.78, 5) is 23.1. The lowest BCUT2D eigenvalue weighted by molar-refractivity contribution is 0.240. The first-order valence-corrected chi connectivity index (χ1v) is 10.2. The highest BCUT2D eigenvalue weighted by atomic mass is 16.2. The standard InChI is InChI=1S/C19H40N4O2/c1-3-5-7-10-14-20-18(24)22-16-12-9-13-17-23-19(25)21-15-11-8-6-4-2/h3-17H2,1-2H3,(H2,20,22,24)(H2,21,23,25). The molecule has 0 aromatic heterocycles. The van der Waals surface area contributed by atoms with E-state index in [4.69, 9.17) is 0 Å². The highest BCUT2D eigenvalue weighted by Gasteiger charge is 2.00. The average Bonchev–Trinajstić information content (AvgIpc) is 2.60. The van der Waals surface area contributed by atoms with E-state index < -0.39 is 0 Å². The lowest BCUT2D eigenvalue weighted by Crippen LogP contribution is -2.37. The maximum absolute atomic E-state index is 11.5. The molecule has 0 fully saturated rings. The molecule has 0 rings (SSSR count). The van der Waals surface area contributed by atoms with Crippen molar-refractivity contribution in [3.8, 4) is 0 Å². The van der Waals surface area contributed by atoms with Gasteiger partial charge >= 0.3 is 12.1 Å². The maximum atomic E-state index is 11.5. The van der Waals surface area contributed by atoms with E-state index in [0.717, 1.165) is 45.2 Å². The van der Waals surface area contributed by atoms with Crippen LogP contribution in [-0.2, 0) is 0 Å². The van der Waals surface area contributed by atoms with Gasteiger partial charge in [0.15, 0.2) is 0 Å². The van der Waals surface area contributed by atoms with Crippen LogP contribution in [0.2, 0.25) is 0 Å². The zero-order chi connectivity index (χ0) is 18.6. The summed E-state index contributed by atoms with van der Waals surface area (Å²) in [6.45, 7) is 7.23. The minimum absolute atomic E-state index is 0.0722. The highest BCUT2D eigenvalue weighted by molar-refractivity contribution is 5.74. The number of carbonyl (C=O) groups excluding carboxylic acids is 2. The largest absolute Gasteiger partial charge is 0.338 e. The molecule has 148 valence electrons. The topological polar surface area (TPSA) is 82.3 Å². The first kappa shape index (κ1) is 23.5. The van der Waals surface area contributed by atoms with Gasteiger partial charge in [0.2, 0.25) is 0 Å². The summed E-state index contributed by atoms with van der Waals surface area (Å²) in [6, 6.07) is -0.144. The third-order valence-electron chi connectivity index (χ3n) is 4.06. The van der Waals surface area contributed by atoms with Gasteiger partial charge in [-0.3, -0.25) is 0 Å². The van der Waals surface area contributed by atoms with E-state index in [1.54, 1.807) is 0 Å². The molecular weight excluding hydrogens is 316 g/mol. The fourth-order valence-electron chi connectivity index (χ4n) is 2.46. The van der Waals surface area contributed by atoms with Crippen LogP contribution in [0.3, 0.4) is 0 Å². The van der Waals surface area contributed by atoms with Gasteiger partial charge in [-0.05, 0) is 32.1 Å². The summed E-state index contributed by atoms with van der Waals surface area (Å²) in [6.07, 6.45) is 12.2. The number of amides is 4. The van der Waals surface area contributed by atoms with Crippen LogP contribution < -0.4 is 21.3 Å². The third kappa shape index (κ3) is 18.7. The molecule has 0 bridgehead atoms. The van der Waals surface area contributed by atoms with Crippen LogP contribution in [0, 0.1) is 0 Å². The molecule has 0 atom stereocenters. The van der Waals surface area contributed by atoms with Crippen molar-refractivity contribution >= 4 is 12.1 Å². The molecule has 0 aromatic carbocycles. The second-order valence-corrected chi connectivity index (χ2v) is 6.55. The van der Waals surface area contributed by atoms with Crippen LogP contribution in [0.5, 0.6) is 0 Å². The van der Waals surface area contributed by atoms with Crippen molar-refractivity contribution in [2.75, 3.05) is 26.2 Å². The molecule has 0 saturated heterocycles. The number of hydrogen-bond donors (Lipinski definition) is 4. The van der Waals surface area contributed by atoms with Crippen molar-refractivity contribution in [3.63, 3.8) is 0 Å². The molecule has 0 aromatic rings. The second-order valence-electron chi connectivity index (χ2n) is 6.55. The molecule has 0 aliphatic heterocycles. The zero-order valence-electron chi connectivity index (χ0n) is 16.4. The predicted molar refractivity (Wildman–Crippen MR) is 105 cm³/mol. The van der Waals surface area contributed by atoms with Crippen molar-refractivity contribution in [1.29, 1.82) is 0 Å². The van der Waals surface area contributed by atoms with Crippen LogP contribution >= 0.6 is 0 Å². The number of urea groups is 2. The van der Waals surface area contributed by atoms with Gasteiger partial charge in [0.25, 0.3) is 0 Å². The Morgan fingerprint density at radius 3 is 1.04 bits per heavy atom. The molecule has 0 spiro atoms. The van der Waals surface area contributed by atoms with Crippen molar-refractivity contribution in [1.82, 2.24) is 21.3 Å². The summed E-state index contributed by atoms with van der Waals surface area (Å²) in [5.41, 5.74) is 0. The van der Waals surface area contributed by atoms with Gasteiger partial charge in [0, 0.05) is 26.2 Å². The maximum Gasteiger partial charge on any atom is 0.314 e. The molecule has 4 amide bonds. The van der Waals surface area contributed by atoms with Crippen LogP contribution in [0.15, 0.2) is 0 Å². The summed E-state index contributed by atoms with van der Waals surface area (Å²) in [5, 5.41) is 11.5. The molecule has 6 heteroatoms. The Labute approximate surface area is 154 Å². The van der Waals surface area contributed by atoms with E-state index in [2.05, 4.69) is 35.1 Å². The highest BCUT2D eigenvalue weighted by Crippen LogP contribution is 1.98. The van der Waals surface area contributed by atoms with Gasteiger partial charge in [-0.15, -0.1) is 0 Å². The minimum atomic E-state index is -0.0722. The molecule has 0 aliphatic carbocycles. The van der Waals surface area contributed by atoms with E-state index in [1.165, 1.54) is 38.5 Å². The monoisotopic (exact) mass is 356 g/mol. The fourth-order valence-corrected chi connectivity index (χ4v) is 2.46. The van der Waals surface area contributed by atoms with Crippen molar-refractivity contribution in [2.24, 2.45) is 0 Å². The van der Waals surface area contributed by atoms with Gasteiger partial charge in [-0.1, -0.05) is 52.4 Å². The number of rotatable bonds is 16. The zero-order valence-corrected chi connectivity index (χ0v) is 16.4. The van der Waals surface area contributed by atoms with E-state index in [1.807, 2.05) is 0 Å². The summed E-state index contributed by atoms with van der Waals surface area (Å²) in [5.74, 6) is 0. The quantitative estimate of drug-likeness (QED) is 0.316.